The Morgan fingerprint density at radius 2 is 1.96 bits per heavy atom. The van der Waals surface area contributed by atoms with E-state index < -0.39 is 0 Å². The molecule has 3 aromatic rings. The van der Waals surface area contributed by atoms with Crippen LogP contribution in [-0.2, 0) is 0 Å². The van der Waals surface area contributed by atoms with Gasteiger partial charge in [-0.1, -0.05) is 29.8 Å². The molecule has 1 aromatic heterocycles. The fraction of sp³-hybridized carbons (Fsp3) is 0.300. The molecule has 5 heteroatoms. The minimum Gasteiger partial charge on any atom is -0.367 e. The van der Waals surface area contributed by atoms with Gasteiger partial charge in [0.1, 0.15) is 5.82 Å². The normalized spacial score (nSPS) is 14.2. The molecule has 0 aliphatic heterocycles. The maximum absolute atomic E-state index is 12.8. The Hall–Kier alpha value is -2.33. The van der Waals surface area contributed by atoms with E-state index in [1.165, 1.54) is 18.4 Å². The number of nitrogens with zero attached hydrogens (tertiary/aromatic N) is 2. The minimum absolute atomic E-state index is 0.189. The molecule has 0 saturated heterocycles. The molecule has 4 rings (SSSR count). The Kier molecular flexibility index (Phi) is 4.00. The summed E-state index contributed by atoms with van der Waals surface area (Å²) in [7, 11) is 0. The van der Waals surface area contributed by atoms with Crippen molar-refractivity contribution in [1.82, 2.24) is 9.55 Å². The van der Waals surface area contributed by atoms with Crippen LogP contribution in [0.25, 0.3) is 16.6 Å². The number of halogens is 1. The monoisotopic (exact) mass is 353 g/mol. The predicted molar refractivity (Wildman–Crippen MR) is 103 cm³/mol. The van der Waals surface area contributed by atoms with Crippen LogP contribution in [0.5, 0.6) is 0 Å². The van der Waals surface area contributed by atoms with Crippen LogP contribution in [0.15, 0.2) is 47.3 Å². The van der Waals surface area contributed by atoms with Crippen LogP contribution in [0, 0.1) is 0 Å². The number of fused-ring (bicyclic) bond motifs is 1. The lowest BCUT2D eigenvalue weighted by molar-refractivity contribution is 0.876. The van der Waals surface area contributed by atoms with Gasteiger partial charge < -0.3 is 5.32 Å². The van der Waals surface area contributed by atoms with Crippen LogP contribution in [0.3, 0.4) is 0 Å². The van der Waals surface area contributed by atoms with E-state index >= 15 is 0 Å². The molecule has 0 bridgehead atoms. The highest BCUT2D eigenvalue weighted by Gasteiger charge is 2.24. The molecule has 0 radical (unpaired) electrons. The first-order chi connectivity index (χ1) is 12.0. The van der Waals surface area contributed by atoms with Crippen molar-refractivity contribution in [2.75, 3.05) is 5.32 Å². The van der Waals surface area contributed by atoms with Crippen LogP contribution in [0.4, 0.5) is 5.82 Å². The number of para-hydroxylation sites is 1. The number of benzene rings is 2. The summed E-state index contributed by atoms with van der Waals surface area (Å²) in [5.41, 5.74) is 2.46. The Morgan fingerprint density at radius 3 is 2.64 bits per heavy atom. The van der Waals surface area contributed by atoms with Crippen molar-refractivity contribution >= 4 is 28.3 Å². The van der Waals surface area contributed by atoms with Gasteiger partial charge in [-0.05, 0) is 62.4 Å². The van der Waals surface area contributed by atoms with Gasteiger partial charge in [-0.15, -0.1) is 0 Å². The van der Waals surface area contributed by atoms with Crippen molar-refractivity contribution < 1.29 is 0 Å². The third-order valence-corrected chi connectivity index (χ3v) is 4.80. The van der Waals surface area contributed by atoms with Crippen LogP contribution in [0.1, 0.15) is 38.2 Å². The Morgan fingerprint density at radius 1 is 1.20 bits per heavy atom. The van der Waals surface area contributed by atoms with Gasteiger partial charge in [0.15, 0.2) is 0 Å². The maximum atomic E-state index is 12.8. The largest absolute Gasteiger partial charge is 0.367 e. The summed E-state index contributed by atoms with van der Waals surface area (Å²) in [5, 5.41) is 4.75. The van der Waals surface area contributed by atoms with Crippen LogP contribution in [0.2, 0.25) is 5.02 Å². The molecular formula is C20H20ClN3O. The van der Waals surface area contributed by atoms with Crippen LogP contribution >= 0.6 is 11.6 Å². The van der Waals surface area contributed by atoms with Gasteiger partial charge in [-0.25, -0.2) is 4.79 Å². The molecule has 1 saturated carbocycles. The van der Waals surface area contributed by atoms with Crippen LogP contribution < -0.4 is 11.0 Å². The van der Waals surface area contributed by atoms with Gasteiger partial charge >= 0.3 is 5.69 Å². The molecule has 0 amide bonds. The lowest BCUT2D eigenvalue weighted by Crippen LogP contribution is -2.25. The van der Waals surface area contributed by atoms with Gasteiger partial charge in [-0.3, -0.25) is 4.57 Å². The lowest BCUT2D eigenvalue weighted by Gasteiger charge is -2.17. The zero-order chi connectivity index (χ0) is 17.6. The molecule has 1 heterocycles. The first kappa shape index (κ1) is 16.2. The second-order valence-electron chi connectivity index (χ2n) is 6.88. The summed E-state index contributed by atoms with van der Waals surface area (Å²) >= 11 is 6.37. The Labute approximate surface area is 151 Å². The van der Waals surface area contributed by atoms with Gasteiger partial charge in [0.05, 0.1) is 16.2 Å². The van der Waals surface area contributed by atoms with E-state index in [1.54, 1.807) is 10.6 Å². The third-order valence-electron chi connectivity index (χ3n) is 4.48. The molecule has 4 nitrogen and oxygen atoms in total. The molecule has 0 unspecified atom stereocenters. The highest BCUT2D eigenvalue weighted by Crippen LogP contribution is 2.41. The fourth-order valence-electron chi connectivity index (χ4n) is 3.16. The van der Waals surface area contributed by atoms with E-state index in [4.69, 9.17) is 11.6 Å². The van der Waals surface area contributed by atoms with Crippen molar-refractivity contribution in [1.29, 1.82) is 0 Å². The van der Waals surface area contributed by atoms with Gasteiger partial charge in [0.25, 0.3) is 0 Å². The van der Waals surface area contributed by atoms with Crippen molar-refractivity contribution in [3.05, 3.63) is 63.5 Å². The van der Waals surface area contributed by atoms with E-state index in [0.717, 1.165) is 10.9 Å². The van der Waals surface area contributed by atoms with Crippen LogP contribution in [-0.4, -0.2) is 15.6 Å². The highest BCUT2D eigenvalue weighted by molar-refractivity contribution is 6.32. The minimum atomic E-state index is -0.323. The summed E-state index contributed by atoms with van der Waals surface area (Å²) in [5.74, 6) is 1.23. The number of aromatic nitrogens is 2. The number of hydrogen-bond donors (Lipinski definition) is 1. The van der Waals surface area contributed by atoms with E-state index in [-0.39, 0.29) is 11.7 Å². The zero-order valence-corrected chi connectivity index (χ0v) is 15.0. The summed E-state index contributed by atoms with van der Waals surface area (Å²) < 4.78 is 1.62. The lowest BCUT2D eigenvalue weighted by atomic mass is 10.1. The topological polar surface area (TPSA) is 46.9 Å². The van der Waals surface area contributed by atoms with E-state index in [0.29, 0.717) is 22.4 Å². The summed E-state index contributed by atoms with van der Waals surface area (Å²) in [6.45, 7) is 4.07. The second-order valence-corrected chi connectivity index (χ2v) is 7.29. The average Bonchev–Trinajstić information content (AvgIpc) is 3.40. The predicted octanol–water partition coefficient (Wildman–Crippen LogP) is 4.74. The summed E-state index contributed by atoms with van der Waals surface area (Å²) in [6.07, 6.45) is 2.42. The molecule has 128 valence electrons. The number of rotatable bonds is 4. The molecule has 1 fully saturated rings. The number of hydrogen-bond acceptors (Lipinski definition) is 3. The molecule has 1 aliphatic rings. The summed E-state index contributed by atoms with van der Waals surface area (Å²) in [6, 6.07) is 13.9. The second kappa shape index (κ2) is 6.19. The zero-order valence-electron chi connectivity index (χ0n) is 14.3. The quantitative estimate of drug-likeness (QED) is 0.737. The standard InChI is InChI=1S/C20H20ClN3O/c1-12(2)22-19-15-10-9-14(13-7-8-13)11-18(15)24(20(25)23-19)17-6-4-3-5-16(17)21/h3-6,9-13H,7-8H2,1-2H3,(H,22,23,25). The first-order valence-electron chi connectivity index (χ1n) is 8.63. The summed E-state index contributed by atoms with van der Waals surface area (Å²) in [4.78, 5) is 17.1. The molecule has 1 N–H and O–H groups in total. The fourth-order valence-corrected chi connectivity index (χ4v) is 3.38. The van der Waals surface area contributed by atoms with E-state index in [2.05, 4.69) is 28.5 Å². The Bertz CT molecular complexity index is 1010. The van der Waals surface area contributed by atoms with Crippen molar-refractivity contribution in [2.45, 2.75) is 38.6 Å². The first-order valence-corrected chi connectivity index (χ1v) is 9.00. The number of nitrogens with one attached hydrogen (secondary N) is 1. The smallest absolute Gasteiger partial charge is 0.354 e. The average molecular weight is 354 g/mol. The molecular weight excluding hydrogens is 334 g/mol. The molecule has 25 heavy (non-hydrogen) atoms. The third kappa shape index (κ3) is 3.02. The van der Waals surface area contributed by atoms with E-state index in [9.17, 15) is 4.79 Å². The molecule has 1 aliphatic carbocycles. The van der Waals surface area contributed by atoms with Gasteiger partial charge in [0, 0.05) is 11.4 Å². The SMILES string of the molecule is CC(C)Nc1nc(=O)n(-c2ccccc2Cl)c2cc(C3CC3)ccc12. The van der Waals surface area contributed by atoms with Crippen molar-refractivity contribution in [3.8, 4) is 5.69 Å². The van der Waals surface area contributed by atoms with E-state index in [1.807, 2.05) is 32.0 Å². The Balaban J connectivity index is 2.04. The van der Waals surface area contributed by atoms with Gasteiger partial charge in [0.2, 0.25) is 0 Å². The molecule has 0 atom stereocenters. The van der Waals surface area contributed by atoms with Crippen molar-refractivity contribution in [3.63, 3.8) is 0 Å². The molecule has 2 aromatic carbocycles. The number of anilines is 1. The molecule has 0 spiro atoms. The van der Waals surface area contributed by atoms with Gasteiger partial charge in [-0.2, -0.15) is 4.98 Å². The highest BCUT2D eigenvalue weighted by atomic mass is 35.5. The maximum Gasteiger partial charge on any atom is 0.354 e. The van der Waals surface area contributed by atoms with Crippen molar-refractivity contribution in [2.24, 2.45) is 0 Å².